The van der Waals surface area contributed by atoms with E-state index in [0.717, 1.165) is 39.2 Å². The van der Waals surface area contributed by atoms with Gasteiger partial charge in [0.05, 0.1) is 17.6 Å². The van der Waals surface area contributed by atoms with Crippen molar-refractivity contribution in [2.24, 2.45) is 0 Å². The minimum absolute atomic E-state index is 0.608. The van der Waals surface area contributed by atoms with Gasteiger partial charge < -0.3 is 24.4 Å². The number of anilines is 1. The van der Waals surface area contributed by atoms with Crippen LogP contribution in [0.5, 0.6) is 0 Å². The molecule has 0 unspecified atom stereocenters. The lowest BCUT2D eigenvalue weighted by atomic mass is 10.1. The van der Waals surface area contributed by atoms with Gasteiger partial charge in [-0.25, -0.2) is 9.97 Å². The van der Waals surface area contributed by atoms with Crippen LogP contribution in [0.25, 0.3) is 45.0 Å². The Bertz CT molecular complexity index is 1220. The number of pyridine rings is 1. The van der Waals surface area contributed by atoms with Crippen molar-refractivity contribution >= 4 is 27.9 Å². The first-order valence-electron chi connectivity index (χ1n) is 9.08. The van der Waals surface area contributed by atoms with Crippen molar-refractivity contribution in [1.29, 1.82) is 0 Å². The summed E-state index contributed by atoms with van der Waals surface area (Å²) in [6.07, 6.45) is 1.88. The second-order valence-electron chi connectivity index (χ2n) is 6.48. The van der Waals surface area contributed by atoms with Gasteiger partial charge in [-0.05, 0) is 36.4 Å². The summed E-state index contributed by atoms with van der Waals surface area (Å²) in [7, 11) is 1.68. The van der Waals surface area contributed by atoms with Crippen LogP contribution in [0.2, 0.25) is 0 Å². The molecule has 0 aliphatic heterocycles. The number of hydrogen-bond acceptors (Lipinski definition) is 5. The molecule has 0 atom stereocenters. The van der Waals surface area contributed by atoms with E-state index in [4.69, 9.17) is 9.15 Å². The zero-order chi connectivity index (χ0) is 18.9. The molecule has 0 saturated heterocycles. The van der Waals surface area contributed by atoms with Gasteiger partial charge in [-0.2, -0.15) is 0 Å². The second kappa shape index (κ2) is 6.86. The maximum absolute atomic E-state index is 6.16. The third-order valence-corrected chi connectivity index (χ3v) is 4.64. The molecule has 28 heavy (non-hydrogen) atoms. The number of imidazole rings is 1. The highest BCUT2D eigenvalue weighted by Crippen LogP contribution is 2.33. The average molecular weight is 373 g/mol. The molecule has 0 amide bonds. The Balaban J connectivity index is 1.54. The summed E-state index contributed by atoms with van der Waals surface area (Å²) < 4.78 is 11.3. The number of nitrogens with one attached hydrogen (secondary N) is 3. The Morgan fingerprint density at radius 2 is 1.96 bits per heavy atom. The molecule has 1 aromatic carbocycles. The monoisotopic (exact) mass is 373 g/mol. The predicted molar refractivity (Wildman–Crippen MR) is 109 cm³/mol. The Labute approximate surface area is 160 Å². The average Bonchev–Trinajstić information content (AvgIpc) is 3.45. The van der Waals surface area contributed by atoms with Gasteiger partial charge in [0.2, 0.25) is 0 Å². The van der Waals surface area contributed by atoms with Crippen molar-refractivity contribution in [2.45, 2.75) is 0 Å². The number of rotatable bonds is 6. The summed E-state index contributed by atoms with van der Waals surface area (Å²) in [6.45, 7) is 1.29. The van der Waals surface area contributed by atoms with Crippen molar-refractivity contribution < 1.29 is 9.15 Å². The molecule has 0 aliphatic rings. The molecule has 7 nitrogen and oxygen atoms in total. The first kappa shape index (κ1) is 16.6. The van der Waals surface area contributed by atoms with Gasteiger partial charge >= 0.3 is 0 Å². The number of hydrogen-bond donors (Lipinski definition) is 3. The first-order valence-corrected chi connectivity index (χ1v) is 9.08. The lowest BCUT2D eigenvalue weighted by Crippen LogP contribution is -2.08. The molecule has 0 saturated carbocycles. The van der Waals surface area contributed by atoms with E-state index in [1.165, 1.54) is 0 Å². The number of para-hydroxylation sites is 2. The molecular weight excluding hydrogens is 354 g/mol. The van der Waals surface area contributed by atoms with Crippen LogP contribution >= 0.6 is 0 Å². The largest absolute Gasteiger partial charge is 0.453 e. The third-order valence-electron chi connectivity index (χ3n) is 4.64. The molecule has 0 fully saturated rings. The van der Waals surface area contributed by atoms with Crippen molar-refractivity contribution in [3.05, 3.63) is 54.7 Å². The fraction of sp³-hybridized carbons (Fsp3) is 0.143. The van der Waals surface area contributed by atoms with Crippen molar-refractivity contribution in [3.63, 3.8) is 0 Å². The van der Waals surface area contributed by atoms with Crippen molar-refractivity contribution in [3.8, 4) is 22.9 Å². The fourth-order valence-electron chi connectivity index (χ4n) is 3.29. The summed E-state index contributed by atoms with van der Waals surface area (Å²) in [4.78, 5) is 15.7. The predicted octanol–water partition coefficient (Wildman–Crippen LogP) is 4.42. The molecular formula is C21H19N5O2. The number of benzene rings is 1. The Kier molecular flexibility index (Phi) is 4.06. The first-order chi connectivity index (χ1) is 13.8. The van der Waals surface area contributed by atoms with Crippen molar-refractivity contribution in [2.75, 3.05) is 25.6 Å². The number of ether oxygens (including phenoxy) is 1. The SMILES string of the molecule is COCCNc1cc(-c2ccc(-c3nc4ccccc4[nH]3)o2)c2cc[nH]c2n1. The van der Waals surface area contributed by atoms with Gasteiger partial charge in [-0.3, -0.25) is 0 Å². The second-order valence-corrected chi connectivity index (χ2v) is 6.48. The summed E-state index contributed by atoms with van der Waals surface area (Å²) in [6, 6.07) is 15.8. The zero-order valence-electron chi connectivity index (χ0n) is 15.3. The maximum atomic E-state index is 6.16. The molecule has 0 bridgehead atoms. The Morgan fingerprint density at radius 3 is 2.86 bits per heavy atom. The number of nitrogens with zero attached hydrogens (tertiary/aromatic N) is 2. The topological polar surface area (TPSA) is 91.8 Å². The number of H-pyrrole nitrogens is 2. The molecule has 0 aliphatic carbocycles. The summed E-state index contributed by atoms with van der Waals surface area (Å²) in [5.41, 5.74) is 3.67. The number of furan rings is 1. The number of aromatic amines is 2. The highest BCUT2D eigenvalue weighted by Gasteiger charge is 2.15. The molecule has 4 aromatic heterocycles. The third kappa shape index (κ3) is 2.91. The lowest BCUT2D eigenvalue weighted by Gasteiger charge is -2.07. The normalized spacial score (nSPS) is 11.5. The van der Waals surface area contributed by atoms with Crippen molar-refractivity contribution in [1.82, 2.24) is 19.9 Å². The van der Waals surface area contributed by atoms with Crippen LogP contribution < -0.4 is 5.32 Å². The molecule has 7 heteroatoms. The standard InChI is InChI=1S/C21H19N5O2/c1-27-11-10-22-19-12-14(13-8-9-23-20(13)26-19)17-6-7-18(28-17)21-24-15-4-2-3-5-16(15)25-21/h2-9,12H,10-11H2,1H3,(H,24,25)(H2,22,23,26). The highest BCUT2D eigenvalue weighted by atomic mass is 16.5. The van der Waals surface area contributed by atoms with Crippen LogP contribution in [0.15, 0.2) is 59.1 Å². The van der Waals surface area contributed by atoms with Gasteiger partial charge in [-0.1, -0.05) is 12.1 Å². The van der Waals surface area contributed by atoms with E-state index >= 15 is 0 Å². The molecule has 0 spiro atoms. The van der Waals surface area contributed by atoms with Crippen LogP contribution in [-0.2, 0) is 4.74 Å². The molecule has 5 aromatic rings. The lowest BCUT2D eigenvalue weighted by molar-refractivity contribution is 0.210. The van der Waals surface area contributed by atoms with E-state index in [2.05, 4.69) is 25.3 Å². The van der Waals surface area contributed by atoms with Gasteiger partial charge in [0, 0.05) is 30.8 Å². The molecule has 5 rings (SSSR count). The molecule has 4 heterocycles. The van der Waals surface area contributed by atoms with E-state index in [1.54, 1.807) is 7.11 Å². The molecule has 0 radical (unpaired) electrons. The van der Waals surface area contributed by atoms with Crippen LogP contribution in [0.4, 0.5) is 5.82 Å². The van der Waals surface area contributed by atoms with Gasteiger partial charge in [0.25, 0.3) is 0 Å². The number of aromatic nitrogens is 4. The van der Waals surface area contributed by atoms with E-state index in [1.807, 2.05) is 54.7 Å². The highest BCUT2D eigenvalue weighted by molar-refractivity contribution is 5.93. The van der Waals surface area contributed by atoms with Gasteiger partial charge in [-0.15, -0.1) is 0 Å². The van der Waals surface area contributed by atoms with Gasteiger partial charge in [0.15, 0.2) is 11.6 Å². The zero-order valence-corrected chi connectivity index (χ0v) is 15.3. The summed E-state index contributed by atoms with van der Waals surface area (Å²) >= 11 is 0. The number of fused-ring (bicyclic) bond motifs is 2. The maximum Gasteiger partial charge on any atom is 0.174 e. The number of methoxy groups -OCH3 is 1. The molecule has 3 N–H and O–H groups in total. The Morgan fingerprint density at radius 1 is 1.07 bits per heavy atom. The van der Waals surface area contributed by atoms with Crippen LogP contribution in [-0.4, -0.2) is 40.2 Å². The minimum atomic E-state index is 0.608. The van der Waals surface area contributed by atoms with Crippen LogP contribution in [0.1, 0.15) is 0 Å². The summed E-state index contributed by atoms with van der Waals surface area (Å²) in [5, 5.41) is 4.28. The van der Waals surface area contributed by atoms with Gasteiger partial charge in [0.1, 0.15) is 17.2 Å². The quantitative estimate of drug-likeness (QED) is 0.383. The van der Waals surface area contributed by atoms with E-state index < -0.39 is 0 Å². The smallest absolute Gasteiger partial charge is 0.174 e. The van der Waals surface area contributed by atoms with Crippen LogP contribution in [0.3, 0.4) is 0 Å². The van der Waals surface area contributed by atoms with Crippen LogP contribution in [0, 0.1) is 0 Å². The Hall–Kier alpha value is -3.58. The van der Waals surface area contributed by atoms with E-state index in [9.17, 15) is 0 Å². The van der Waals surface area contributed by atoms with E-state index in [0.29, 0.717) is 24.7 Å². The summed E-state index contributed by atoms with van der Waals surface area (Å²) in [5.74, 6) is 2.94. The minimum Gasteiger partial charge on any atom is -0.453 e. The van der Waals surface area contributed by atoms with E-state index in [-0.39, 0.29) is 0 Å². The molecule has 140 valence electrons. The fourth-order valence-corrected chi connectivity index (χ4v) is 3.29.